The fourth-order valence-electron chi connectivity index (χ4n) is 3.12. The van der Waals surface area contributed by atoms with Crippen molar-refractivity contribution in [1.29, 1.82) is 0 Å². The van der Waals surface area contributed by atoms with Crippen molar-refractivity contribution < 1.29 is 34.7 Å². The molecule has 1 unspecified atom stereocenters. The average Bonchev–Trinajstić information content (AvgIpc) is 2.92. The molecule has 1 amide bonds. The van der Waals surface area contributed by atoms with Crippen LogP contribution in [0.15, 0.2) is 28.0 Å². The average molecular weight is 375 g/mol. The molecule has 130 valence electrons. The molecule has 1 aromatic carbocycles. The second kappa shape index (κ2) is 4.91. The van der Waals surface area contributed by atoms with Gasteiger partial charge in [-0.3, -0.25) is 9.08 Å². The minimum atomic E-state index is -4.43. The number of benzene rings is 1. The van der Waals surface area contributed by atoms with Gasteiger partial charge >= 0.3 is 16.2 Å². The molecule has 0 aliphatic carbocycles. The van der Waals surface area contributed by atoms with Crippen LogP contribution in [-0.2, 0) is 39.9 Å². The maximum absolute atomic E-state index is 12.7. The Kier molecular flexibility index (Phi) is 3.24. The first-order valence-electron chi connectivity index (χ1n) is 7.16. The Morgan fingerprint density at radius 2 is 1.88 bits per heavy atom. The van der Waals surface area contributed by atoms with Crippen molar-refractivity contribution in [3.63, 3.8) is 0 Å². The molecule has 3 bridgehead atoms. The van der Waals surface area contributed by atoms with E-state index in [0.717, 1.165) is 17.0 Å². The van der Waals surface area contributed by atoms with Crippen molar-refractivity contribution in [2.24, 2.45) is 0 Å². The fourth-order valence-corrected chi connectivity index (χ4v) is 6.07. The summed E-state index contributed by atoms with van der Waals surface area (Å²) in [4.78, 5) is 12.4. The van der Waals surface area contributed by atoms with Crippen LogP contribution in [0.2, 0.25) is 0 Å². The van der Waals surface area contributed by atoms with Gasteiger partial charge in [-0.1, -0.05) is 6.07 Å². The summed E-state index contributed by atoms with van der Waals surface area (Å²) in [5.41, 5.74) is -1.40. The topological polar surface area (TPSA) is 116 Å². The van der Waals surface area contributed by atoms with Crippen molar-refractivity contribution >= 4 is 26.3 Å². The molecule has 3 heterocycles. The molecule has 3 aliphatic rings. The Bertz CT molecular complexity index is 939. The van der Waals surface area contributed by atoms with E-state index in [4.69, 9.17) is 13.1 Å². The van der Waals surface area contributed by atoms with Gasteiger partial charge in [0.15, 0.2) is 5.72 Å². The molecule has 9 nitrogen and oxygen atoms in total. The standard InChI is InChI=1S/C13H13NO8S2/c15-12-14-5-1-4-13(14)8-21-23(16,17)10-3-2-9(7-20-12)6-11(10)24(18,19)22-13/h2-3,6H,1,4-5,7-8H2. The zero-order valence-corrected chi connectivity index (χ0v) is 13.9. The fraction of sp³-hybridized carbons (Fsp3) is 0.462. The zero-order valence-electron chi connectivity index (χ0n) is 12.3. The van der Waals surface area contributed by atoms with Crippen LogP contribution >= 0.6 is 0 Å². The molecular formula is C13H13NO8S2. The third-order valence-electron chi connectivity index (χ3n) is 4.27. The van der Waals surface area contributed by atoms with Gasteiger partial charge in [0.25, 0.3) is 10.1 Å². The molecule has 0 radical (unpaired) electrons. The van der Waals surface area contributed by atoms with Crippen LogP contribution in [-0.4, -0.2) is 46.7 Å². The van der Waals surface area contributed by atoms with Crippen LogP contribution in [0.3, 0.4) is 0 Å². The molecule has 11 heteroatoms. The lowest BCUT2D eigenvalue weighted by molar-refractivity contribution is -0.0749. The summed E-state index contributed by atoms with van der Waals surface area (Å²) in [7, 11) is -8.74. The van der Waals surface area contributed by atoms with Gasteiger partial charge in [0, 0.05) is 13.0 Å². The molecule has 1 spiro atoms. The van der Waals surface area contributed by atoms with E-state index in [9.17, 15) is 21.6 Å². The van der Waals surface area contributed by atoms with E-state index < -0.39 is 48.5 Å². The SMILES string of the molecule is O=C1OCc2ccc3c(c2)S(=O)(=O)OC2(CCCN12)COS3(=O)=O. The van der Waals surface area contributed by atoms with Gasteiger partial charge in [-0.05, 0) is 24.1 Å². The molecule has 3 aliphatic heterocycles. The lowest BCUT2D eigenvalue weighted by Crippen LogP contribution is -2.54. The molecule has 1 atom stereocenters. The summed E-state index contributed by atoms with van der Waals surface area (Å²) in [5, 5.41) is 0. The zero-order chi connectivity index (χ0) is 17.2. The Morgan fingerprint density at radius 3 is 2.67 bits per heavy atom. The van der Waals surface area contributed by atoms with Crippen LogP contribution in [0.5, 0.6) is 0 Å². The van der Waals surface area contributed by atoms with Crippen molar-refractivity contribution in [1.82, 2.24) is 4.90 Å². The summed E-state index contributed by atoms with van der Waals surface area (Å²) in [6.45, 7) is -0.613. The number of amides is 1. The second-order valence-corrected chi connectivity index (χ2v) is 8.89. The number of fused-ring (bicyclic) bond motifs is 2. The van der Waals surface area contributed by atoms with Gasteiger partial charge < -0.3 is 4.74 Å². The summed E-state index contributed by atoms with van der Waals surface area (Å²) >= 11 is 0. The van der Waals surface area contributed by atoms with Gasteiger partial charge in [0.2, 0.25) is 0 Å². The normalized spacial score (nSPS) is 30.3. The molecule has 1 saturated heterocycles. The van der Waals surface area contributed by atoms with E-state index >= 15 is 0 Å². The number of carbonyl (C=O) groups excluding carboxylic acids is 1. The Balaban J connectivity index is 2.05. The van der Waals surface area contributed by atoms with Gasteiger partial charge in [0.1, 0.15) is 23.0 Å². The molecule has 0 N–H and O–H groups in total. The number of hydrogen-bond donors (Lipinski definition) is 0. The van der Waals surface area contributed by atoms with E-state index in [1.165, 1.54) is 6.07 Å². The predicted molar refractivity (Wildman–Crippen MR) is 76.7 cm³/mol. The number of hydrogen-bond acceptors (Lipinski definition) is 8. The molecule has 0 saturated carbocycles. The van der Waals surface area contributed by atoms with E-state index in [0.29, 0.717) is 12.0 Å². The highest BCUT2D eigenvalue weighted by Crippen LogP contribution is 2.40. The highest BCUT2D eigenvalue weighted by atomic mass is 32.2. The third kappa shape index (κ3) is 2.23. The van der Waals surface area contributed by atoms with Crippen LogP contribution in [0.1, 0.15) is 18.4 Å². The Labute approximate surface area is 138 Å². The van der Waals surface area contributed by atoms with E-state index in [-0.39, 0.29) is 19.6 Å². The molecule has 24 heavy (non-hydrogen) atoms. The quantitative estimate of drug-likeness (QED) is 0.604. The maximum atomic E-state index is 12.7. The second-order valence-electron chi connectivity index (χ2n) is 5.79. The number of ether oxygens (including phenoxy) is 1. The molecule has 1 fully saturated rings. The third-order valence-corrected chi connectivity index (χ3v) is 7.13. The first kappa shape index (κ1) is 15.8. The molecule has 1 aromatic rings. The number of cyclic esters (lactones) is 1. The Hall–Kier alpha value is -1.69. The van der Waals surface area contributed by atoms with E-state index in [1.807, 2.05) is 0 Å². The number of rotatable bonds is 0. The van der Waals surface area contributed by atoms with Crippen molar-refractivity contribution in [2.75, 3.05) is 13.2 Å². The highest BCUT2D eigenvalue weighted by Gasteiger charge is 2.53. The van der Waals surface area contributed by atoms with Crippen LogP contribution in [0.25, 0.3) is 0 Å². The summed E-state index contributed by atoms with van der Waals surface area (Å²) in [6, 6.07) is 3.60. The maximum Gasteiger partial charge on any atom is 0.412 e. The largest absolute Gasteiger partial charge is 0.444 e. The van der Waals surface area contributed by atoms with E-state index in [2.05, 4.69) is 0 Å². The summed E-state index contributed by atoms with van der Waals surface area (Å²) in [6.07, 6.45) is -0.235. The van der Waals surface area contributed by atoms with Crippen molar-refractivity contribution in [2.45, 2.75) is 35.0 Å². The van der Waals surface area contributed by atoms with Gasteiger partial charge in [-0.15, -0.1) is 0 Å². The molecule has 4 rings (SSSR count). The lowest BCUT2D eigenvalue weighted by atomic mass is 10.2. The van der Waals surface area contributed by atoms with Gasteiger partial charge in [-0.25, -0.2) is 8.98 Å². The van der Waals surface area contributed by atoms with Gasteiger partial charge in [0.05, 0.1) is 0 Å². The van der Waals surface area contributed by atoms with E-state index in [1.54, 1.807) is 0 Å². The lowest BCUT2D eigenvalue weighted by Gasteiger charge is -2.37. The Morgan fingerprint density at radius 1 is 1.08 bits per heavy atom. The van der Waals surface area contributed by atoms with Gasteiger partial charge in [-0.2, -0.15) is 16.8 Å². The van der Waals surface area contributed by atoms with Crippen LogP contribution in [0.4, 0.5) is 4.79 Å². The smallest absolute Gasteiger partial charge is 0.412 e. The molecular weight excluding hydrogens is 362 g/mol. The minimum Gasteiger partial charge on any atom is -0.444 e. The summed E-state index contributed by atoms with van der Waals surface area (Å²) < 4.78 is 65.8. The highest BCUT2D eigenvalue weighted by molar-refractivity contribution is 7.90. The monoisotopic (exact) mass is 375 g/mol. The van der Waals surface area contributed by atoms with Crippen LogP contribution < -0.4 is 0 Å². The number of carbonyl (C=O) groups is 1. The summed E-state index contributed by atoms with van der Waals surface area (Å²) in [5.74, 6) is 0. The van der Waals surface area contributed by atoms with Crippen molar-refractivity contribution in [3.05, 3.63) is 23.8 Å². The predicted octanol–water partition coefficient (Wildman–Crippen LogP) is 0.553. The first-order chi connectivity index (χ1) is 11.2. The van der Waals surface area contributed by atoms with Crippen molar-refractivity contribution in [3.8, 4) is 0 Å². The minimum absolute atomic E-state index is 0.117. The van der Waals surface area contributed by atoms with Crippen LogP contribution in [0, 0.1) is 0 Å². The molecule has 0 aromatic heterocycles. The number of nitrogens with zero attached hydrogens (tertiary/aromatic N) is 1. The first-order valence-corrected chi connectivity index (χ1v) is 9.98.